The summed E-state index contributed by atoms with van der Waals surface area (Å²) in [5.74, 6) is -0.259. The Labute approximate surface area is 155 Å². The average molecular weight is 353 g/mol. The van der Waals surface area contributed by atoms with Crippen LogP contribution in [0.25, 0.3) is 0 Å². The van der Waals surface area contributed by atoms with Gasteiger partial charge in [0.15, 0.2) is 0 Å². The van der Waals surface area contributed by atoms with Crippen molar-refractivity contribution >= 4 is 23.2 Å². The summed E-state index contributed by atoms with van der Waals surface area (Å²) in [5, 5.41) is 5.84. The molecule has 0 aliphatic rings. The van der Waals surface area contributed by atoms with E-state index >= 15 is 0 Å². The zero-order valence-electron chi connectivity index (χ0n) is 15.7. The third kappa shape index (κ3) is 5.70. The lowest BCUT2D eigenvalue weighted by Crippen LogP contribution is -2.36. The van der Waals surface area contributed by atoms with Crippen LogP contribution in [0.2, 0.25) is 0 Å². The van der Waals surface area contributed by atoms with Crippen LogP contribution in [0.15, 0.2) is 48.5 Å². The second kappa shape index (κ2) is 9.73. The molecule has 0 aliphatic heterocycles. The van der Waals surface area contributed by atoms with Gasteiger partial charge in [0.05, 0.1) is 13.1 Å². The molecular formula is C21H27N3O2. The van der Waals surface area contributed by atoms with E-state index in [1.807, 2.05) is 48.5 Å². The maximum atomic E-state index is 12.2. The molecule has 2 aromatic carbocycles. The topological polar surface area (TPSA) is 61.4 Å². The minimum atomic E-state index is -0.129. The Balaban J connectivity index is 1.86. The van der Waals surface area contributed by atoms with Gasteiger partial charge < -0.3 is 10.6 Å². The van der Waals surface area contributed by atoms with E-state index in [1.165, 1.54) is 0 Å². The maximum absolute atomic E-state index is 12.2. The number of likely N-dealkylation sites (N-methyl/N-ethyl adjacent to an activating group) is 1. The van der Waals surface area contributed by atoms with Crippen LogP contribution < -0.4 is 10.6 Å². The van der Waals surface area contributed by atoms with E-state index in [2.05, 4.69) is 24.5 Å². The quantitative estimate of drug-likeness (QED) is 0.765. The number of nitrogens with one attached hydrogen (secondary N) is 2. The number of rotatable bonds is 8. The lowest BCUT2D eigenvalue weighted by molar-refractivity contribution is -0.119. The van der Waals surface area contributed by atoms with E-state index in [0.717, 1.165) is 35.3 Å². The molecule has 0 aromatic heterocycles. The van der Waals surface area contributed by atoms with Gasteiger partial charge in [0.2, 0.25) is 11.8 Å². The molecule has 0 spiro atoms. The number of nitrogens with zero attached hydrogens (tertiary/aromatic N) is 1. The van der Waals surface area contributed by atoms with Gasteiger partial charge in [-0.2, -0.15) is 0 Å². The van der Waals surface area contributed by atoms with Crippen molar-refractivity contribution in [3.8, 4) is 0 Å². The van der Waals surface area contributed by atoms with Crippen molar-refractivity contribution in [1.82, 2.24) is 4.90 Å². The van der Waals surface area contributed by atoms with Gasteiger partial charge in [-0.1, -0.05) is 50.2 Å². The maximum Gasteiger partial charge on any atom is 0.238 e. The molecule has 0 bridgehead atoms. The summed E-state index contributed by atoms with van der Waals surface area (Å²) < 4.78 is 0. The van der Waals surface area contributed by atoms with Crippen molar-refractivity contribution in [2.45, 2.75) is 26.7 Å². The Morgan fingerprint density at radius 3 is 1.54 bits per heavy atom. The van der Waals surface area contributed by atoms with E-state index in [4.69, 9.17) is 0 Å². The number of amides is 2. The molecule has 26 heavy (non-hydrogen) atoms. The third-order valence-electron chi connectivity index (χ3n) is 4.17. The molecule has 0 saturated carbocycles. The molecule has 0 saturated heterocycles. The van der Waals surface area contributed by atoms with Gasteiger partial charge in [-0.15, -0.1) is 0 Å². The van der Waals surface area contributed by atoms with Crippen LogP contribution in [0.3, 0.4) is 0 Å². The minimum Gasteiger partial charge on any atom is -0.325 e. The Morgan fingerprint density at radius 2 is 1.15 bits per heavy atom. The van der Waals surface area contributed by atoms with E-state index in [0.29, 0.717) is 0 Å². The molecule has 2 aromatic rings. The van der Waals surface area contributed by atoms with E-state index in [9.17, 15) is 9.59 Å². The van der Waals surface area contributed by atoms with Crippen LogP contribution in [0.1, 0.15) is 25.0 Å². The molecule has 2 amide bonds. The summed E-state index contributed by atoms with van der Waals surface area (Å²) in [4.78, 5) is 26.2. The minimum absolute atomic E-state index is 0.129. The summed E-state index contributed by atoms with van der Waals surface area (Å²) in [5.41, 5.74) is 3.85. The van der Waals surface area contributed by atoms with Gasteiger partial charge >= 0.3 is 0 Å². The second-order valence-electron chi connectivity index (χ2n) is 6.29. The molecule has 2 rings (SSSR count). The smallest absolute Gasteiger partial charge is 0.238 e. The first-order valence-electron chi connectivity index (χ1n) is 8.97. The first-order chi connectivity index (χ1) is 12.5. The van der Waals surface area contributed by atoms with Crippen molar-refractivity contribution in [1.29, 1.82) is 0 Å². The van der Waals surface area contributed by atoms with Crippen molar-refractivity contribution in [3.05, 3.63) is 59.7 Å². The molecule has 5 heteroatoms. The number of anilines is 2. The number of hydrogen-bond donors (Lipinski definition) is 2. The lowest BCUT2D eigenvalue weighted by atomic mass is 10.1. The number of para-hydroxylation sites is 2. The molecule has 0 aliphatic carbocycles. The molecule has 138 valence electrons. The second-order valence-corrected chi connectivity index (χ2v) is 6.29. The summed E-state index contributed by atoms with van der Waals surface area (Å²) in [6.45, 7) is 4.41. The number of aryl methyl sites for hydroxylation is 2. The molecule has 0 radical (unpaired) electrons. The van der Waals surface area contributed by atoms with Crippen LogP contribution in [-0.4, -0.2) is 36.9 Å². The highest BCUT2D eigenvalue weighted by atomic mass is 16.2. The van der Waals surface area contributed by atoms with Crippen molar-refractivity contribution in [2.75, 3.05) is 30.8 Å². The van der Waals surface area contributed by atoms with Gasteiger partial charge in [0.25, 0.3) is 0 Å². The number of benzene rings is 2. The van der Waals surface area contributed by atoms with Gasteiger partial charge in [-0.3, -0.25) is 14.5 Å². The molecule has 0 heterocycles. The lowest BCUT2D eigenvalue weighted by Gasteiger charge is -2.17. The van der Waals surface area contributed by atoms with Gasteiger partial charge in [0, 0.05) is 11.4 Å². The highest BCUT2D eigenvalue weighted by Gasteiger charge is 2.13. The molecule has 0 unspecified atom stereocenters. The van der Waals surface area contributed by atoms with Crippen LogP contribution in [0, 0.1) is 0 Å². The highest BCUT2D eigenvalue weighted by Crippen LogP contribution is 2.16. The van der Waals surface area contributed by atoms with E-state index < -0.39 is 0 Å². The summed E-state index contributed by atoms with van der Waals surface area (Å²) in [6.07, 6.45) is 1.71. The molecule has 5 nitrogen and oxygen atoms in total. The van der Waals surface area contributed by atoms with E-state index in [-0.39, 0.29) is 24.9 Å². The van der Waals surface area contributed by atoms with Gasteiger partial charge in [-0.05, 0) is 43.1 Å². The first-order valence-corrected chi connectivity index (χ1v) is 8.97. The Hall–Kier alpha value is -2.66. The van der Waals surface area contributed by atoms with Gasteiger partial charge in [0.1, 0.15) is 0 Å². The largest absolute Gasteiger partial charge is 0.325 e. The van der Waals surface area contributed by atoms with Crippen LogP contribution in [0.5, 0.6) is 0 Å². The van der Waals surface area contributed by atoms with Crippen molar-refractivity contribution < 1.29 is 9.59 Å². The summed E-state index contributed by atoms with van der Waals surface area (Å²) in [7, 11) is 1.76. The van der Waals surface area contributed by atoms with Crippen LogP contribution in [0.4, 0.5) is 11.4 Å². The Kier molecular flexibility index (Phi) is 7.36. The monoisotopic (exact) mass is 353 g/mol. The first kappa shape index (κ1) is 19.7. The molecule has 0 fully saturated rings. The normalized spacial score (nSPS) is 10.6. The Morgan fingerprint density at radius 1 is 0.769 bits per heavy atom. The number of carbonyl (C=O) groups is 2. The zero-order valence-corrected chi connectivity index (χ0v) is 15.7. The zero-order chi connectivity index (χ0) is 18.9. The van der Waals surface area contributed by atoms with E-state index in [1.54, 1.807) is 11.9 Å². The molecule has 0 atom stereocenters. The molecule has 2 N–H and O–H groups in total. The standard InChI is InChI=1S/C21H27N3O2/c1-4-16-10-6-8-12-18(16)22-20(25)14-24(3)15-21(26)23-19-13-9-7-11-17(19)5-2/h6-13H,4-5,14-15H2,1-3H3,(H,22,25)(H,23,26). The fourth-order valence-corrected chi connectivity index (χ4v) is 2.83. The SMILES string of the molecule is CCc1ccccc1NC(=O)CN(C)CC(=O)Nc1ccccc1CC. The third-order valence-corrected chi connectivity index (χ3v) is 4.17. The fourth-order valence-electron chi connectivity index (χ4n) is 2.83. The van der Waals surface area contributed by atoms with Gasteiger partial charge in [-0.25, -0.2) is 0 Å². The average Bonchev–Trinajstić information content (AvgIpc) is 2.62. The summed E-state index contributed by atoms with van der Waals surface area (Å²) >= 11 is 0. The van der Waals surface area contributed by atoms with Crippen LogP contribution >= 0.6 is 0 Å². The predicted molar refractivity (Wildman–Crippen MR) is 106 cm³/mol. The number of hydrogen-bond acceptors (Lipinski definition) is 3. The Bertz CT molecular complexity index is 695. The molecular weight excluding hydrogens is 326 g/mol. The fraction of sp³-hybridized carbons (Fsp3) is 0.333. The number of carbonyl (C=O) groups excluding carboxylic acids is 2. The summed E-state index contributed by atoms with van der Waals surface area (Å²) in [6, 6.07) is 15.5. The highest BCUT2D eigenvalue weighted by molar-refractivity contribution is 5.95. The van der Waals surface area contributed by atoms with Crippen molar-refractivity contribution in [2.24, 2.45) is 0 Å². The van der Waals surface area contributed by atoms with Crippen molar-refractivity contribution in [3.63, 3.8) is 0 Å². The predicted octanol–water partition coefficient (Wildman–Crippen LogP) is 3.32. The van der Waals surface area contributed by atoms with Crippen LogP contribution in [-0.2, 0) is 22.4 Å².